The van der Waals surface area contributed by atoms with Gasteiger partial charge in [-0.2, -0.15) is 5.10 Å². The van der Waals surface area contributed by atoms with Crippen LogP contribution < -0.4 is 10.6 Å². The van der Waals surface area contributed by atoms with Crippen molar-refractivity contribution in [1.82, 2.24) is 15.1 Å². The number of ketones is 1. The normalized spacial score (nSPS) is 10.5. The van der Waals surface area contributed by atoms with Gasteiger partial charge in [0.2, 0.25) is 0 Å². The zero-order chi connectivity index (χ0) is 17.7. The van der Waals surface area contributed by atoms with E-state index in [0.29, 0.717) is 17.8 Å². The minimum Gasteiger partial charge on any atom is -0.338 e. The Morgan fingerprint density at radius 1 is 1.29 bits per heavy atom. The first-order chi connectivity index (χ1) is 11.4. The highest BCUT2D eigenvalue weighted by atomic mass is 79.9. The maximum Gasteiger partial charge on any atom is 0.319 e. The van der Waals surface area contributed by atoms with Crippen LogP contribution in [0.25, 0.3) is 0 Å². The molecule has 2 amide bonds. The Bertz CT molecular complexity index is 755. The number of aryl methyl sites for hydroxylation is 2. The van der Waals surface area contributed by atoms with E-state index in [1.54, 1.807) is 24.3 Å². The van der Waals surface area contributed by atoms with Gasteiger partial charge in [0, 0.05) is 30.0 Å². The van der Waals surface area contributed by atoms with Crippen molar-refractivity contribution in [3.8, 4) is 0 Å². The molecule has 0 aliphatic rings. The van der Waals surface area contributed by atoms with Crippen LogP contribution in [-0.2, 0) is 6.54 Å². The molecule has 24 heavy (non-hydrogen) atoms. The molecule has 0 aliphatic heterocycles. The lowest BCUT2D eigenvalue weighted by molar-refractivity contribution is 0.101. The van der Waals surface area contributed by atoms with Crippen LogP contribution in [0, 0.1) is 13.8 Å². The zero-order valence-corrected chi connectivity index (χ0v) is 15.6. The molecule has 0 atom stereocenters. The average molecular weight is 393 g/mol. The van der Waals surface area contributed by atoms with E-state index in [4.69, 9.17) is 0 Å². The van der Waals surface area contributed by atoms with Gasteiger partial charge < -0.3 is 10.6 Å². The van der Waals surface area contributed by atoms with E-state index in [-0.39, 0.29) is 11.8 Å². The molecule has 1 heterocycles. The summed E-state index contributed by atoms with van der Waals surface area (Å²) in [7, 11) is 0. The lowest BCUT2D eigenvalue weighted by Gasteiger charge is -2.09. The summed E-state index contributed by atoms with van der Waals surface area (Å²) in [4.78, 5) is 23.2. The number of nitrogens with zero attached hydrogens (tertiary/aromatic N) is 2. The van der Waals surface area contributed by atoms with Crippen LogP contribution in [0.5, 0.6) is 0 Å². The lowest BCUT2D eigenvalue weighted by Crippen LogP contribution is -2.30. The van der Waals surface area contributed by atoms with Crippen molar-refractivity contribution in [2.75, 3.05) is 11.9 Å². The molecule has 0 saturated carbocycles. The Labute approximate surface area is 149 Å². The number of aromatic nitrogens is 2. The molecule has 1 aromatic heterocycles. The van der Waals surface area contributed by atoms with Gasteiger partial charge in [0.05, 0.1) is 10.2 Å². The standard InChI is InChI=1S/C17H21BrN4O2/c1-11-16(18)12(2)22(21-11)9-5-8-19-17(24)20-15-7-4-6-14(10-15)13(3)23/h4,6-7,10H,5,8-9H2,1-3H3,(H2,19,20,24). The first-order valence-electron chi connectivity index (χ1n) is 7.74. The largest absolute Gasteiger partial charge is 0.338 e. The minimum atomic E-state index is -0.287. The Balaban J connectivity index is 1.78. The van der Waals surface area contributed by atoms with E-state index in [0.717, 1.165) is 28.8 Å². The van der Waals surface area contributed by atoms with Crippen LogP contribution in [0.1, 0.15) is 35.1 Å². The third kappa shape index (κ3) is 4.67. The van der Waals surface area contributed by atoms with Gasteiger partial charge in [-0.3, -0.25) is 9.48 Å². The summed E-state index contributed by atoms with van der Waals surface area (Å²) >= 11 is 3.50. The molecule has 128 valence electrons. The van der Waals surface area contributed by atoms with E-state index < -0.39 is 0 Å². The van der Waals surface area contributed by atoms with Crippen molar-refractivity contribution in [2.24, 2.45) is 0 Å². The second-order valence-electron chi connectivity index (χ2n) is 5.58. The van der Waals surface area contributed by atoms with Gasteiger partial charge in [-0.15, -0.1) is 0 Å². The first kappa shape index (κ1) is 18.2. The Morgan fingerprint density at radius 2 is 2.04 bits per heavy atom. The van der Waals surface area contributed by atoms with Crippen molar-refractivity contribution in [3.05, 3.63) is 45.7 Å². The van der Waals surface area contributed by atoms with Crippen molar-refractivity contribution in [3.63, 3.8) is 0 Å². The van der Waals surface area contributed by atoms with Crippen molar-refractivity contribution < 1.29 is 9.59 Å². The maximum atomic E-state index is 11.9. The number of nitrogens with one attached hydrogen (secondary N) is 2. The van der Waals surface area contributed by atoms with Crippen molar-refractivity contribution in [1.29, 1.82) is 0 Å². The van der Waals surface area contributed by atoms with Gasteiger partial charge in [-0.1, -0.05) is 12.1 Å². The molecule has 0 saturated heterocycles. The predicted molar refractivity (Wildman–Crippen MR) is 97.5 cm³/mol. The number of halogens is 1. The molecule has 0 bridgehead atoms. The van der Waals surface area contributed by atoms with Gasteiger partial charge in [0.15, 0.2) is 5.78 Å². The maximum absolute atomic E-state index is 11.9. The molecule has 2 N–H and O–H groups in total. The van der Waals surface area contributed by atoms with Crippen LogP contribution in [0.4, 0.5) is 10.5 Å². The highest BCUT2D eigenvalue weighted by molar-refractivity contribution is 9.10. The molecular weight excluding hydrogens is 372 g/mol. The Kier molecular flexibility index (Phi) is 6.14. The second kappa shape index (κ2) is 8.10. The Hall–Kier alpha value is -2.15. The number of Topliss-reactive ketones (excluding diaryl/α,β-unsaturated/α-hetero) is 1. The van der Waals surface area contributed by atoms with Crippen LogP contribution in [0.15, 0.2) is 28.7 Å². The van der Waals surface area contributed by atoms with E-state index >= 15 is 0 Å². The number of hydrogen-bond donors (Lipinski definition) is 2. The average Bonchev–Trinajstić information content (AvgIpc) is 2.79. The van der Waals surface area contributed by atoms with Crippen LogP contribution in [-0.4, -0.2) is 28.1 Å². The molecule has 0 spiro atoms. The third-order valence-corrected chi connectivity index (χ3v) is 4.80. The monoisotopic (exact) mass is 392 g/mol. The van der Waals surface area contributed by atoms with Crippen LogP contribution in [0.3, 0.4) is 0 Å². The number of carbonyl (C=O) groups is 2. The first-order valence-corrected chi connectivity index (χ1v) is 8.53. The molecule has 1 aromatic carbocycles. The number of hydrogen-bond acceptors (Lipinski definition) is 3. The van der Waals surface area contributed by atoms with E-state index in [1.165, 1.54) is 6.92 Å². The van der Waals surface area contributed by atoms with Crippen LogP contribution in [0.2, 0.25) is 0 Å². The van der Waals surface area contributed by atoms with Crippen molar-refractivity contribution >= 4 is 33.4 Å². The molecule has 7 heteroatoms. The summed E-state index contributed by atoms with van der Waals surface area (Å²) in [5, 5.41) is 9.96. The number of anilines is 1. The zero-order valence-electron chi connectivity index (χ0n) is 14.0. The van der Waals surface area contributed by atoms with E-state index in [1.807, 2.05) is 18.5 Å². The second-order valence-corrected chi connectivity index (χ2v) is 6.37. The fourth-order valence-corrected chi connectivity index (χ4v) is 2.60. The van der Waals surface area contributed by atoms with Crippen LogP contribution >= 0.6 is 15.9 Å². The quantitative estimate of drug-likeness (QED) is 0.581. The molecule has 0 aliphatic carbocycles. The van der Waals surface area contributed by atoms with Gasteiger partial charge in [0.25, 0.3) is 0 Å². The van der Waals surface area contributed by atoms with Gasteiger partial charge in [-0.25, -0.2) is 4.79 Å². The van der Waals surface area contributed by atoms with Crippen molar-refractivity contribution in [2.45, 2.75) is 33.7 Å². The van der Waals surface area contributed by atoms with Gasteiger partial charge in [-0.05, 0) is 55.3 Å². The summed E-state index contributed by atoms with van der Waals surface area (Å²) in [6.07, 6.45) is 0.773. The topological polar surface area (TPSA) is 76.0 Å². The number of amides is 2. The summed E-state index contributed by atoms with van der Waals surface area (Å²) < 4.78 is 2.95. The Morgan fingerprint density at radius 3 is 2.67 bits per heavy atom. The molecule has 2 aromatic rings. The summed E-state index contributed by atoms with van der Waals surface area (Å²) in [5.74, 6) is -0.0323. The number of benzene rings is 1. The number of rotatable bonds is 6. The smallest absolute Gasteiger partial charge is 0.319 e. The minimum absolute atomic E-state index is 0.0323. The number of carbonyl (C=O) groups excluding carboxylic acids is 2. The van der Waals surface area contributed by atoms with Gasteiger partial charge >= 0.3 is 6.03 Å². The molecule has 0 unspecified atom stereocenters. The molecule has 0 radical (unpaired) electrons. The SMILES string of the molecule is CC(=O)c1cccc(NC(=O)NCCCn2nc(C)c(Br)c2C)c1. The molecular formula is C17H21BrN4O2. The molecule has 6 nitrogen and oxygen atoms in total. The highest BCUT2D eigenvalue weighted by Crippen LogP contribution is 2.19. The summed E-state index contributed by atoms with van der Waals surface area (Å²) in [5.41, 5.74) is 3.21. The van der Waals surface area contributed by atoms with E-state index in [9.17, 15) is 9.59 Å². The summed E-state index contributed by atoms with van der Waals surface area (Å²) in [6.45, 7) is 6.73. The molecule has 2 rings (SSSR count). The summed E-state index contributed by atoms with van der Waals surface area (Å²) in [6, 6.07) is 6.59. The lowest BCUT2D eigenvalue weighted by atomic mass is 10.1. The predicted octanol–water partition coefficient (Wildman–Crippen LogP) is 3.68. The molecule has 0 fully saturated rings. The fraction of sp³-hybridized carbons (Fsp3) is 0.353. The number of urea groups is 1. The van der Waals surface area contributed by atoms with E-state index in [2.05, 4.69) is 31.7 Å². The fourth-order valence-electron chi connectivity index (χ4n) is 2.31. The van der Waals surface area contributed by atoms with Gasteiger partial charge in [0.1, 0.15) is 0 Å². The highest BCUT2D eigenvalue weighted by Gasteiger charge is 2.08. The third-order valence-electron chi connectivity index (χ3n) is 3.65.